The highest BCUT2D eigenvalue weighted by atomic mass is 16.3. The topological polar surface area (TPSA) is 69.6 Å². The summed E-state index contributed by atoms with van der Waals surface area (Å²) in [7, 11) is 0. The lowest BCUT2D eigenvalue weighted by Gasteiger charge is -2.19. The van der Waals surface area contributed by atoms with Crippen LogP contribution in [0.15, 0.2) is 36.5 Å². The van der Waals surface area contributed by atoms with Gasteiger partial charge in [0.25, 0.3) is 0 Å². The predicted octanol–water partition coefficient (Wildman–Crippen LogP) is 17.3. The molecule has 59 heavy (non-hydrogen) atoms. The van der Waals surface area contributed by atoms with Crippen molar-refractivity contribution in [2.75, 3.05) is 6.61 Å². The molecule has 0 bridgehead atoms. The van der Waals surface area contributed by atoms with Gasteiger partial charge in [-0.2, -0.15) is 0 Å². The third kappa shape index (κ3) is 47.5. The highest BCUT2D eigenvalue weighted by Crippen LogP contribution is 2.16. The van der Waals surface area contributed by atoms with Gasteiger partial charge in [-0.1, -0.05) is 262 Å². The molecule has 0 rings (SSSR count). The molecular weight excluding hydrogens is 723 g/mol. The highest BCUT2D eigenvalue weighted by Gasteiger charge is 2.17. The molecule has 4 heteroatoms. The number of hydrogen-bond donors (Lipinski definition) is 3. The molecular formula is C55H105NO3. The summed E-state index contributed by atoms with van der Waals surface area (Å²) in [5.74, 6) is -0.0709. The number of unbranched alkanes of at least 4 members (excludes halogenated alkanes) is 38. The first-order valence-electron chi connectivity index (χ1n) is 26.7. The van der Waals surface area contributed by atoms with Gasteiger partial charge in [0.15, 0.2) is 0 Å². The van der Waals surface area contributed by atoms with Crippen molar-refractivity contribution in [1.29, 1.82) is 0 Å². The third-order valence-corrected chi connectivity index (χ3v) is 12.3. The van der Waals surface area contributed by atoms with Crippen LogP contribution in [0.1, 0.15) is 290 Å². The van der Waals surface area contributed by atoms with Crippen LogP contribution in [0.4, 0.5) is 0 Å². The summed E-state index contributed by atoms with van der Waals surface area (Å²) < 4.78 is 0. The fourth-order valence-corrected chi connectivity index (χ4v) is 8.25. The average Bonchev–Trinajstić information content (AvgIpc) is 3.24. The molecule has 0 saturated heterocycles. The Kier molecular flexibility index (Phi) is 49.8. The Morgan fingerprint density at radius 1 is 0.390 bits per heavy atom. The molecule has 4 nitrogen and oxygen atoms in total. The second kappa shape index (κ2) is 51.0. The van der Waals surface area contributed by atoms with E-state index in [0.717, 1.165) is 32.1 Å². The van der Waals surface area contributed by atoms with E-state index in [1.807, 2.05) is 6.08 Å². The fraction of sp³-hybridized carbons (Fsp3) is 0.873. The summed E-state index contributed by atoms with van der Waals surface area (Å²) in [6, 6.07) is -0.638. The molecule has 2 unspecified atom stereocenters. The maximum atomic E-state index is 12.4. The van der Waals surface area contributed by atoms with E-state index in [0.29, 0.717) is 6.42 Å². The normalized spacial score (nSPS) is 13.1. The maximum Gasteiger partial charge on any atom is 0.220 e. The minimum absolute atomic E-state index is 0.0709. The molecule has 0 heterocycles. The maximum absolute atomic E-state index is 12.4. The Morgan fingerprint density at radius 3 is 0.983 bits per heavy atom. The van der Waals surface area contributed by atoms with Crippen LogP contribution in [0.5, 0.6) is 0 Å². The van der Waals surface area contributed by atoms with Crippen molar-refractivity contribution >= 4 is 5.91 Å². The Labute approximate surface area is 370 Å². The summed E-state index contributed by atoms with van der Waals surface area (Å²) >= 11 is 0. The van der Waals surface area contributed by atoms with E-state index in [4.69, 9.17) is 0 Å². The van der Waals surface area contributed by atoms with Crippen LogP contribution in [0.2, 0.25) is 0 Å². The van der Waals surface area contributed by atoms with Crippen molar-refractivity contribution in [3.8, 4) is 0 Å². The van der Waals surface area contributed by atoms with Gasteiger partial charge in [-0.25, -0.2) is 0 Å². The molecule has 0 aliphatic carbocycles. The van der Waals surface area contributed by atoms with Crippen molar-refractivity contribution in [1.82, 2.24) is 5.32 Å². The molecule has 2 atom stereocenters. The van der Waals surface area contributed by atoms with E-state index in [1.54, 1.807) is 6.08 Å². The zero-order chi connectivity index (χ0) is 42.8. The largest absolute Gasteiger partial charge is 0.394 e. The minimum atomic E-state index is -0.862. The number of rotatable bonds is 49. The second-order valence-electron chi connectivity index (χ2n) is 18.3. The van der Waals surface area contributed by atoms with Gasteiger partial charge < -0.3 is 15.5 Å². The molecule has 0 aliphatic rings. The summed E-state index contributed by atoms with van der Waals surface area (Å²) in [4.78, 5) is 12.4. The van der Waals surface area contributed by atoms with Crippen molar-refractivity contribution in [3.63, 3.8) is 0 Å². The van der Waals surface area contributed by atoms with Crippen LogP contribution in [-0.4, -0.2) is 34.9 Å². The van der Waals surface area contributed by atoms with Crippen molar-refractivity contribution < 1.29 is 15.0 Å². The molecule has 0 saturated carbocycles. The van der Waals surface area contributed by atoms with Gasteiger partial charge in [-0.3, -0.25) is 4.79 Å². The van der Waals surface area contributed by atoms with Crippen LogP contribution in [0.3, 0.4) is 0 Å². The lowest BCUT2D eigenvalue weighted by Crippen LogP contribution is -2.45. The van der Waals surface area contributed by atoms with Crippen molar-refractivity contribution in [3.05, 3.63) is 36.5 Å². The number of aliphatic hydroxyl groups excluding tert-OH is 2. The zero-order valence-electron chi connectivity index (χ0n) is 40.0. The first-order chi connectivity index (χ1) is 29.2. The molecule has 0 aromatic rings. The quantitative estimate of drug-likeness (QED) is 0.0423. The van der Waals surface area contributed by atoms with E-state index in [1.165, 1.54) is 238 Å². The molecule has 1 amide bonds. The SMILES string of the molecule is CCCCCCCCCCCCCC/C=C\CCCCCCCCCCCCCCC(=O)NC(CO)C(O)/C=C/CC/C=C/CCCCCCCCCCCCCCC. The van der Waals surface area contributed by atoms with Gasteiger partial charge in [0, 0.05) is 6.42 Å². The Morgan fingerprint density at radius 2 is 0.661 bits per heavy atom. The fourth-order valence-electron chi connectivity index (χ4n) is 8.25. The van der Waals surface area contributed by atoms with Gasteiger partial charge in [0.2, 0.25) is 5.91 Å². The van der Waals surface area contributed by atoms with E-state index in [-0.39, 0.29) is 12.5 Å². The predicted molar refractivity (Wildman–Crippen MR) is 262 cm³/mol. The Bertz CT molecular complexity index is 897. The lowest BCUT2D eigenvalue weighted by molar-refractivity contribution is -0.123. The number of hydrogen-bond acceptors (Lipinski definition) is 3. The van der Waals surface area contributed by atoms with Gasteiger partial charge in [-0.05, 0) is 57.8 Å². The number of carbonyl (C=O) groups excluding carboxylic acids is 1. The van der Waals surface area contributed by atoms with E-state index >= 15 is 0 Å². The Hall–Kier alpha value is -1.39. The van der Waals surface area contributed by atoms with Gasteiger partial charge in [0.05, 0.1) is 18.8 Å². The van der Waals surface area contributed by atoms with E-state index in [2.05, 4.69) is 43.5 Å². The van der Waals surface area contributed by atoms with Gasteiger partial charge in [-0.15, -0.1) is 0 Å². The lowest BCUT2D eigenvalue weighted by atomic mass is 10.0. The molecule has 0 aromatic heterocycles. The molecule has 0 aliphatic heterocycles. The average molecular weight is 828 g/mol. The second-order valence-corrected chi connectivity index (χ2v) is 18.3. The molecule has 0 radical (unpaired) electrons. The van der Waals surface area contributed by atoms with E-state index in [9.17, 15) is 15.0 Å². The third-order valence-electron chi connectivity index (χ3n) is 12.3. The summed E-state index contributed by atoms with van der Waals surface area (Å²) in [5, 5.41) is 23.1. The molecule has 348 valence electrons. The first kappa shape index (κ1) is 57.6. The number of amides is 1. The number of aliphatic hydroxyl groups is 2. The molecule has 0 spiro atoms. The highest BCUT2D eigenvalue weighted by molar-refractivity contribution is 5.76. The minimum Gasteiger partial charge on any atom is -0.394 e. The smallest absolute Gasteiger partial charge is 0.220 e. The van der Waals surface area contributed by atoms with Gasteiger partial charge >= 0.3 is 0 Å². The van der Waals surface area contributed by atoms with Crippen molar-refractivity contribution in [2.24, 2.45) is 0 Å². The monoisotopic (exact) mass is 828 g/mol. The van der Waals surface area contributed by atoms with Crippen LogP contribution in [0.25, 0.3) is 0 Å². The summed E-state index contributed by atoms with van der Waals surface area (Å²) in [6.45, 7) is 4.32. The number of carbonyl (C=O) groups is 1. The Balaban J connectivity index is 3.51. The van der Waals surface area contributed by atoms with Gasteiger partial charge in [0.1, 0.15) is 0 Å². The zero-order valence-corrected chi connectivity index (χ0v) is 40.0. The standard InChI is InChI=1S/C55H105NO3/c1-3-5-7-9-11-13-15-17-19-21-23-24-25-26-27-28-29-30-31-33-35-37-39-41-43-45-47-49-51-55(59)56-53(52-57)54(58)50-48-46-44-42-40-38-36-34-32-22-20-18-16-14-12-10-8-6-4-2/h26-27,40,42,48,50,53-54,57-58H,3-25,28-39,41,43-47,49,51-52H2,1-2H3,(H,56,59)/b27-26-,42-40+,50-48+. The van der Waals surface area contributed by atoms with Crippen LogP contribution in [-0.2, 0) is 4.79 Å². The molecule has 0 aromatic carbocycles. The summed E-state index contributed by atoms with van der Waals surface area (Å²) in [5.41, 5.74) is 0. The number of allylic oxidation sites excluding steroid dienone is 5. The molecule has 3 N–H and O–H groups in total. The van der Waals surface area contributed by atoms with Crippen LogP contribution in [0, 0.1) is 0 Å². The van der Waals surface area contributed by atoms with Crippen LogP contribution >= 0.6 is 0 Å². The first-order valence-corrected chi connectivity index (χ1v) is 26.7. The number of nitrogens with one attached hydrogen (secondary N) is 1. The van der Waals surface area contributed by atoms with E-state index < -0.39 is 12.1 Å². The summed E-state index contributed by atoms with van der Waals surface area (Å²) in [6.07, 6.45) is 68.7. The van der Waals surface area contributed by atoms with Crippen LogP contribution < -0.4 is 5.32 Å². The van der Waals surface area contributed by atoms with Crippen molar-refractivity contribution in [2.45, 2.75) is 302 Å². The molecule has 0 fully saturated rings.